The molecule has 5 nitrogen and oxygen atoms in total. The van der Waals surface area contributed by atoms with E-state index < -0.39 is 0 Å². The van der Waals surface area contributed by atoms with Crippen molar-refractivity contribution in [3.05, 3.63) is 75.5 Å². The van der Waals surface area contributed by atoms with E-state index in [1.807, 2.05) is 52.1 Å². The van der Waals surface area contributed by atoms with Crippen LogP contribution >= 0.6 is 11.6 Å². The van der Waals surface area contributed by atoms with Crippen LogP contribution in [0.25, 0.3) is 6.08 Å². The molecule has 0 aliphatic heterocycles. The van der Waals surface area contributed by atoms with Gasteiger partial charge in [-0.25, -0.2) is 0 Å². The highest BCUT2D eigenvalue weighted by Crippen LogP contribution is 2.26. The Labute approximate surface area is 163 Å². The number of halogens is 1. The Kier molecular flexibility index (Phi) is 5.51. The fourth-order valence-electron chi connectivity index (χ4n) is 2.83. The third kappa shape index (κ3) is 4.14. The molecule has 0 atom stereocenters. The lowest BCUT2D eigenvalue weighted by atomic mass is 10.1. The fourth-order valence-corrected chi connectivity index (χ4v) is 2.99. The summed E-state index contributed by atoms with van der Waals surface area (Å²) in [6, 6.07) is 9.15. The van der Waals surface area contributed by atoms with Gasteiger partial charge in [0.05, 0.1) is 11.3 Å². The molecule has 6 heteroatoms. The molecule has 0 radical (unpaired) electrons. The molecule has 140 valence electrons. The molecular weight excluding hydrogens is 364 g/mol. The molecule has 0 aliphatic carbocycles. The summed E-state index contributed by atoms with van der Waals surface area (Å²) in [5.41, 5.74) is 3.07. The van der Waals surface area contributed by atoms with Gasteiger partial charge in [0.1, 0.15) is 23.9 Å². The van der Waals surface area contributed by atoms with E-state index >= 15 is 0 Å². The Morgan fingerprint density at radius 2 is 2.04 bits per heavy atom. The molecule has 0 fully saturated rings. The van der Waals surface area contributed by atoms with Gasteiger partial charge in [-0.15, -0.1) is 0 Å². The molecule has 27 heavy (non-hydrogen) atoms. The van der Waals surface area contributed by atoms with Gasteiger partial charge in [-0.1, -0.05) is 17.7 Å². The Balaban J connectivity index is 1.66. The van der Waals surface area contributed by atoms with E-state index in [-0.39, 0.29) is 12.4 Å². The van der Waals surface area contributed by atoms with Crippen LogP contribution in [-0.4, -0.2) is 15.6 Å². The number of aromatic nitrogens is 2. The maximum absolute atomic E-state index is 12.4. The van der Waals surface area contributed by atoms with Crippen molar-refractivity contribution in [2.75, 3.05) is 0 Å². The van der Waals surface area contributed by atoms with Crippen LogP contribution in [0.4, 0.5) is 0 Å². The third-order valence-corrected chi connectivity index (χ3v) is 4.83. The quantitative estimate of drug-likeness (QED) is 0.440. The molecule has 0 amide bonds. The highest BCUT2D eigenvalue weighted by Gasteiger charge is 2.15. The molecular formula is C21H21ClN2O3. The molecule has 0 spiro atoms. The Morgan fingerprint density at radius 3 is 2.74 bits per heavy atom. The first kappa shape index (κ1) is 19.0. The third-order valence-electron chi connectivity index (χ3n) is 4.42. The van der Waals surface area contributed by atoms with Crippen molar-refractivity contribution in [2.24, 2.45) is 7.05 Å². The summed E-state index contributed by atoms with van der Waals surface area (Å²) >= 11 is 6.09. The molecule has 2 aromatic heterocycles. The number of carbonyl (C=O) groups excluding carboxylic acids is 1. The lowest BCUT2D eigenvalue weighted by Crippen LogP contribution is -1.99. The first-order chi connectivity index (χ1) is 12.9. The number of rotatable bonds is 6. The molecule has 0 saturated carbocycles. The average Bonchev–Trinajstić information content (AvgIpc) is 3.18. The number of hydrogen-bond donors (Lipinski definition) is 0. The van der Waals surface area contributed by atoms with Crippen molar-refractivity contribution < 1.29 is 13.9 Å². The van der Waals surface area contributed by atoms with Crippen LogP contribution in [0.5, 0.6) is 5.75 Å². The normalized spacial score (nSPS) is 11.3. The van der Waals surface area contributed by atoms with Crippen molar-refractivity contribution >= 4 is 23.5 Å². The SMILES string of the molecule is Cc1nn(C)c(C)c1C(=O)/C=C/c1ccc(COc2cccc(Cl)c2C)o1. The van der Waals surface area contributed by atoms with Gasteiger partial charge in [0.2, 0.25) is 0 Å². The van der Waals surface area contributed by atoms with Crippen LogP contribution in [-0.2, 0) is 13.7 Å². The molecule has 0 unspecified atom stereocenters. The van der Waals surface area contributed by atoms with Gasteiger partial charge in [0, 0.05) is 23.3 Å². The largest absolute Gasteiger partial charge is 0.485 e. The van der Waals surface area contributed by atoms with Gasteiger partial charge in [-0.05, 0) is 57.2 Å². The average molecular weight is 385 g/mol. The van der Waals surface area contributed by atoms with E-state index in [2.05, 4.69) is 5.10 Å². The number of allylic oxidation sites excluding steroid dienone is 1. The molecule has 0 N–H and O–H groups in total. The smallest absolute Gasteiger partial charge is 0.189 e. The van der Waals surface area contributed by atoms with Crippen molar-refractivity contribution in [3.8, 4) is 5.75 Å². The zero-order valence-corrected chi connectivity index (χ0v) is 16.5. The molecule has 3 rings (SSSR count). The molecule has 3 aromatic rings. The van der Waals surface area contributed by atoms with Crippen LogP contribution in [0, 0.1) is 20.8 Å². The molecule has 1 aromatic carbocycles. The van der Waals surface area contributed by atoms with Crippen LogP contribution < -0.4 is 4.74 Å². The van der Waals surface area contributed by atoms with Crippen LogP contribution in [0.3, 0.4) is 0 Å². The van der Waals surface area contributed by atoms with Crippen molar-refractivity contribution in [3.63, 3.8) is 0 Å². The Morgan fingerprint density at radius 1 is 1.26 bits per heavy atom. The lowest BCUT2D eigenvalue weighted by molar-refractivity contribution is 0.104. The lowest BCUT2D eigenvalue weighted by Gasteiger charge is -2.08. The summed E-state index contributed by atoms with van der Waals surface area (Å²) < 4.78 is 13.2. The number of furan rings is 1. The van der Waals surface area contributed by atoms with E-state index in [1.165, 1.54) is 6.08 Å². The molecule has 0 saturated heterocycles. The van der Waals surface area contributed by atoms with E-state index in [4.69, 9.17) is 20.8 Å². The predicted molar refractivity (Wildman–Crippen MR) is 105 cm³/mol. The van der Waals surface area contributed by atoms with Gasteiger partial charge in [-0.2, -0.15) is 5.10 Å². The number of hydrogen-bond acceptors (Lipinski definition) is 4. The summed E-state index contributed by atoms with van der Waals surface area (Å²) in [4.78, 5) is 12.4. The molecule has 0 bridgehead atoms. The molecule has 2 heterocycles. The summed E-state index contributed by atoms with van der Waals surface area (Å²) in [6.45, 7) is 5.89. The second kappa shape index (κ2) is 7.84. The van der Waals surface area contributed by atoms with Gasteiger partial charge in [-0.3, -0.25) is 9.48 Å². The Hall–Kier alpha value is -2.79. The zero-order chi connectivity index (χ0) is 19.6. The van der Waals surface area contributed by atoms with E-state index in [9.17, 15) is 4.79 Å². The number of benzene rings is 1. The maximum Gasteiger partial charge on any atom is 0.189 e. The zero-order valence-electron chi connectivity index (χ0n) is 15.7. The number of nitrogens with zero attached hydrogens (tertiary/aromatic N) is 2. The maximum atomic E-state index is 12.4. The number of carbonyl (C=O) groups is 1. The molecule has 0 aliphatic rings. The van der Waals surface area contributed by atoms with Crippen LogP contribution in [0.1, 0.15) is 38.8 Å². The number of aryl methyl sites for hydroxylation is 2. The number of ketones is 1. The van der Waals surface area contributed by atoms with Crippen molar-refractivity contribution in [1.29, 1.82) is 0 Å². The Bertz CT molecular complexity index is 1010. The first-order valence-electron chi connectivity index (χ1n) is 8.56. The van der Waals surface area contributed by atoms with Gasteiger partial charge >= 0.3 is 0 Å². The highest BCUT2D eigenvalue weighted by molar-refractivity contribution is 6.31. The monoisotopic (exact) mass is 384 g/mol. The minimum atomic E-state index is -0.0955. The van der Waals surface area contributed by atoms with Crippen molar-refractivity contribution in [2.45, 2.75) is 27.4 Å². The minimum absolute atomic E-state index is 0.0955. The second-order valence-corrected chi connectivity index (χ2v) is 6.73. The summed E-state index contributed by atoms with van der Waals surface area (Å²) in [5.74, 6) is 1.87. The summed E-state index contributed by atoms with van der Waals surface area (Å²) in [7, 11) is 1.82. The predicted octanol–water partition coefficient (Wildman–Crippen LogP) is 5.07. The van der Waals surface area contributed by atoms with Gasteiger partial charge < -0.3 is 9.15 Å². The van der Waals surface area contributed by atoms with E-state index in [0.29, 0.717) is 27.9 Å². The topological polar surface area (TPSA) is 57.3 Å². The van der Waals surface area contributed by atoms with Crippen LogP contribution in [0.2, 0.25) is 5.02 Å². The first-order valence-corrected chi connectivity index (χ1v) is 8.94. The summed E-state index contributed by atoms with van der Waals surface area (Å²) in [5, 5.41) is 4.93. The summed E-state index contributed by atoms with van der Waals surface area (Å²) in [6.07, 6.45) is 3.16. The highest BCUT2D eigenvalue weighted by atomic mass is 35.5. The van der Waals surface area contributed by atoms with E-state index in [0.717, 1.165) is 17.0 Å². The standard InChI is InChI=1S/C21H21ClN2O3/c1-13-18(22)6-5-7-20(13)26-12-17-9-8-16(27-17)10-11-19(25)21-14(2)23-24(4)15(21)3/h5-11H,12H2,1-4H3/b11-10+. The van der Waals surface area contributed by atoms with Gasteiger partial charge in [0.25, 0.3) is 0 Å². The second-order valence-electron chi connectivity index (χ2n) is 6.32. The van der Waals surface area contributed by atoms with Crippen LogP contribution in [0.15, 0.2) is 40.8 Å². The van der Waals surface area contributed by atoms with Gasteiger partial charge in [0.15, 0.2) is 5.78 Å². The van der Waals surface area contributed by atoms with Crippen molar-refractivity contribution in [1.82, 2.24) is 9.78 Å². The number of ether oxygens (including phenoxy) is 1. The van der Waals surface area contributed by atoms with E-state index in [1.54, 1.807) is 16.8 Å². The fraction of sp³-hybridized carbons (Fsp3) is 0.238. The minimum Gasteiger partial charge on any atom is -0.485 e.